The molecule has 1 N–H and O–H groups in total. The van der Waals surface area contributed by atoms with Crippen molar-refractivity contribution in [3.05, 3.63) is 34.9 Å². The van der Waals surface area contributed by atoms with E-state index in [1.807, 2.05) is 0 Å². The van der Waals surface area contributed by atoms with Gasteiger partial charge in [0.15, 0.2) is 0 Å². The van der Waals surface area contributed by atoms with Crippen LogP contribution in [0.2, 0.25) is 5.02 Å². The molecule has 1 aromatic carbocycles. The van der Waals surface area contributed by atoms with Crippen molar-refractivity contribution >= 4 is 33.4 Å². The van der Waals surface area contributed by atoms with Gasteiger partial charge in [0, 0.05) is 51.1 Å². The minimum absolute atomic E-state index is 0.000526. The number of hydrogen-bond acceptors (Lipinski definition) is 4. The summed E-state index contributed by atoms with van der Waals surface area (Å²) in [4.78, 5) is 26.8. The monoisotopic (exact) mass is 387 g/mol. The van der Waals surface area contributed by atoms with E-state index in [0.29, 0.717) is 36.8 Å². The Morgan fingerprint density at radius 3 is 2.32 bits per heavy atom. The average molecular weight is 388 g/mol. The first kappa shape index (κ1) is 19.7. The summed E-state index contributed by atoms with van der Waals surface area (Å²) < 4.78 is 26.6. The number of piperazine rings is 1. The Balaban J connectivity index is 1.77. The standard InChI is InChI=1S/C16H22ClN3O4S/c1-13(21)19-8-10-20(11-9-19)16(22)6-7-18-25(23,24)12-14-4-2-3-5-15(14)17/h2-5,18H,6-12H2,1H3. The summed E-state index contributed by atoms with van der Waals surface area (Å²) in [5.41, 5.74) is 0.517. The summed E-state index contributed by atoms with van der Waals surface area (Å²) >= 11 is 5.97. The molecule has 1 fully saturated rings. The zero-order chi connectivity index (χ0) is 18.4. The Hall–Kier alpha value is -1.64. The van der Waals surface area contributed by atoms with Crippen LogP contribution < -0.4 is 4.72 Å². The summed E-state index contributed by atoms with van der Waals surface area (Å²) in [5.74, 6) is -0.346. The zero-order valence-electron chi connectivity index (χ0n) is 14.1. The SMILES string of the molecule is CC(=O)N1CCN(C(=O)CCNS(=O)(=O)Cc2ccccc2Cl)CC1. The number of benzene rings is 1. The van der Waals surface area contributed by atoms with Crippen LogP contribution in [0.1, 0.15) is 18.9 Å². The molecule has 2 amide bonds. The summed E-state index contributed by atoms with van der Waals surface area (Å²) in [5, 5.41) is 0.396. The van der Waals surface area contributed by atoms with E-state index in [4.69, 9.17) is 11.6 Å². The molecule has 0 spiro atoms. The maximum atomic E-state index is 12.1. The molecule has 25 heavy (non-hydrogen) atoms. The number of carbonyl (C=O) groups is 2. The third kappa shape index (κ3) is 5.98. The average Bonchev–Trinajstić information content (AvgIpc) is 2.56. The van der Waals surface area contributed by atoms with Gasteiger partial charge in [-0.2, -0.15) is 0 Å². The van der Waals surface area contributed by atoms with Crippen LogP contribution in [0.3, 0.4) is 0 Å². The van der Waals surface area contributed by atoms with Crippen molar-refractivity contribution in [2.75, 3.05) is 32.7 Å². The van der Waals surface area contributed by atoms with Crippen molar-refractivity contribution in [2.45, 2.75) is 19.1 Å². The lowest BCUT2D eigenvalue weighted by molar-refractivity contribution is -0.138. The molecular weight excluding hydrogens is 366 g/mol. The molecule has 9 heteroatoms. The van der Waals surface area contributed by atoms with Crippen LogP contribution in [0.5, 0.6) is 0 Å². The van der Waals surface area contributed by atoms with Gasteiger partial charge in [-0.1, -0.05) is 29.8 Å². The molecule has 1 aliphatic heterocycles. The molecule has 2 rings (SSSR count). The van der Waals surface area contributed by atoms with Crippen LogP contribution in [0.25, 0.3) is 0 Å². The fraction of sp³-hybridized carbons (Fsp3) is 0.500. The molecule has 0 saturated carbocycles. The van der Waals surface area contributed by atoms with Crippen LogP contribution in [0.4, 0.5) is 0 Å². The van der Waals surface area contributed by atoms with Crippen molar-refractivity contribution in [1.29, 1.82) is 0 Å². The quantitative estimate of drug-likeness (QED) is 0.783. The predicted molar refractivity (Wildman–Crippen MR) is 95.5 cm³/mol. The highest BCUT2D eigenvalue weighted by Gasteiger charge is 2.22. The molecule has 1 heterocycles. The Morgan fingerprint density at radius 2 is 1.72 bits per heavy atom. The number of halogens is 1. The minimum atomic E-state index is -3.56. The van der Waals surface area contributed by atoms with Gasteiger partial charge < -0.3 is 9.80 Å². The van der Waals surface area contributed by atoms with Crippen LogP contribution in [0.15, 0.2) is 24.3 Å². The largest absolute Gasteiger partial charge is 0.339 e. The Labute approximate surface area is 153 Å². The second kappa shape index (κ2) is 8.64. The van der Waals surface area contributed by atoms with E-state index in [9.17, 15) is 18.0 Å². The summed E-state index contributed by atoms with van der Waals surface area (Å²) in [6.45, 7) is 3.53. The molecule has 0 unspecified atom stereocenters. The Bertz CT molecular complexity index is 731. The van der Waals surface area contributed by atoms with Gasteiger partial charge in [-0.15, -0.1) is 0 Å². The van der Waals surface area contributed by atoms with Crippen molar-refractivity contribution < 1.29 is 18.0 Å². The van der Waals surface area contributed by atoms with Crippen LogP contribution in [0, 0.1) is 0 Å². The van der Waals surface area contributed by atoms with Gasteiger partial charge in [-0.25, -0.2) is 13.1 Å². The van der Waals surface area contributed by atoms with Gasteiger partial charge in [0.05, 0.1) is 5.75 Å². The molecular formula is C16H22ClN3O4S. The van der Waals surface area contributed by atoms with Gasteiger partial charge in [-0.3, -0.25) is 9.59 Å². The Kier molecular flexibility index (Phi) is 6.80. The molecule has 0 aliphatic carbocycles. The first-order valence-corrected chi connectivity index (χ1v) is 10.1. The van der Waals surface area contributed by atoms with Crippen LogP contribution >= 0.6 is 11.6 Å². The fourth-order valence-corrected chi connectivity index (χ4v) is 4.07. The summed E-state index contributed by atoms with van der Waals surface area (Å²) in [6, 6.07) is 6.75. The molecule has 0 atom stereocenters. The number of rotatable bonds is 6. The molecule has 0 radical (unpaired) electrons. The smallest absolute Gasteiger partial charge is 0.224 e. The molecule has 7 nitrogen and oxygen atoms in total. The number of carbonyl (C=O) groups excluding carboxylic acids is 2. The summed E-state index contributed by atoms with van der Waals surface area (Å²) in [6.07, 6.45) is 0.0851. The lowest BCUT2D eigenvalue weighted by atomic mass is 10.2. The van der Waals surface area contributed by atoms with Crippen LogP contribution in [-0.2, 0) is 25.4 Å². The highest BCUT2D eigenvalue weighted by Crippen LogP contribution is 2.17. The van der Waals surface area contributed by atoms with Gasteiger partial charge in [0.2, 0.25) is 21.8 Å². The number of hydrogen-bond donors (Lipinski definition) is 1. The normalized spacial score (nSPS) is 15.3. The van der Waals surface area contributed by atoms with Gasteiger partial charge in [0.1, 0.15) is 0 Å². The third-order valence-corrected chi connectivity index (χ3v) is 5.75. The maximum absolute atomic E-state index is 12.1. The summed E-state index contributed by atoms with van der Waals surface area (Å²) in [7, 11) is -3.56. The molecule has 1 aromatic rings. The number of nitrogens with zero attached hydrogens (tertiary/aromatic N) is 2. The first-order chi connectivity index (χ1) is 11.8. The number of sulfonamides is 1. The molecule has 1 aliphatic rings. The molecule has 1 saturated heterocycles. The van der Waals surface area contributed by atoms with E-state index in [1.54, 1.807) is 34.1 Å². The van der Waals surface area contributed by atoms with Crippen molar-refractivity contribution in [3.63, 3.8) is 0 Å². The topological polar surface area (TPSA) is 86.8 Å². The highest BCUT2D eigenvalue weighted by atomic mass is 35.5. The lowest BCUT2D eigenvalue weighted by Gasteiger charge is -2.34. The van der Waals surface area contributed by atoms with Crippen molar-refractivity contribution in [2.24, 2.45) is 0 Å². The highest BCUT2D eigenvalue weighted by molar-refractivity contribution is 7.88. The second-order valence-corrected chi connectivity index (χ2v) is 8.10. The van der Waals surface area contributed by atoms with E-state index >= 15 is 0 Å². The molecule has 138 valence electrons. The lowest BCUT2D eigenvalue weighted by Crippen LogP contribution is -2.50. The van der Waals surface area contributed by atoms with E-state index in [0.717, 1.165) is 0 Å². The van der Waals surface area contributed by atoms with Crippen molar-refractivity contribution in [1.82, 2.24) is 14.5 Å². The van der Waals surface area contributed by atoms with Gasteiger partial charge in [-0.05, 0) is 11.6 Å². The first-order valence-electron chi connectivity index (χ1n) is 8.02. The van der Waals surface area contributed by atoms with Gasteiger partial charge in [0.25, 0.3) is 0 Å². The third-order valence-electron chi connectivity index (χ3n) is 4.04. The zero-order valence-corrected chi connectivity index (χ0v) is 15.6. The minimum Gasteiger partial charge on any atom is -0.339 e. The van der Waals surface area contributed by atoms with Crippen LogP contribution in [-0.4, -0.2) is 62.8 Å². The van der Waals surface area contributed by atoms with Crippen molar-refractivity contribution in [3.8, 4) is 0 Å². The predicted octanol–water partition coefficient (Wildman–Crippen LogP) is 0.840. The second-order valence-electron chi connectivity index (χ2n) is 5.88. The molecule has 0 bridgehead atoms. The Morgan fingerprint density at radius 1 is 1.12 bits per heavy atom. The van der Waals surface area contributed by atoms with E-state index in [2.05, 4.69) is 4.72 Å². The fourth-order valence-electron chi connectivity index (χ4n) is 2.61. The van der Waals surface area contributed by atoms with E-state index in [-0.39, 0.29) is 30.5 Å². The number of nitrogens with one attached hydrogen (secondary N) is 1. The molecule has 0 aromatic heterocycles. The number of amides is 2. The maximum Gasteiger partial charge on any atom is 0.224 e. The van der Waals surface area contributed by atoms with E-state index < -0.39 is 10.0 Å². The van der Waals surface area contributed by atoms with Gasteiger partial charge >= 0.3 is 0 Å². The van der Waals surface area contributed by atoms with E-state index in [1.165, 1.54) is 6.92 Å².